The molecule has 4 aromatic heterocycles. The van der Waals surface area contributed by atoms with E-state index in [1.807, 2.05) is 67.0 Å². The van der Waals surface area contributed by atoms with Crippen LogP contribution in [0.25, 0.3) is 46.4 Å². The zero-order valence-electron chi connectivity index (χ0n) is 16.0. The largest absolute Gasteiger partial charge is 0.368 e. The first kappa shape index (κ1) is 19.8. The summed E-state index contributed by atoms with van der Waals surface area (Å²) in [5, 5.41) is 0. The SMILES string of the molecule is C1=Cc2cc3ccc(cc4ccc(cc5nc(cc1n2)C=C5)[nH]4)[nH]3.[Rh].c1cc[nH]c1. The van der Waals surface area contributed by atoms with Crippen molar-refractivity contribution in [2.75, 3.05) is 0 Å². The van der Waals surface area contributed by atoms with Gasteiger partial charge in [0, 0.05) is 53.9 Å². The molecule has 0 saturated carbocycles. The first-order chi connectivity index (χ1) is 14.3. The second kappa shape index (κ2) is 8.89. The van der Waals surface area contributed by atoms with Crippen molar-refractivity contribution in [3.05, 3.63) is 95.8 Å². The van der Waals surface area contributed by atoms with Crippen LogP contribution in [0.15, 0.2) is 73.1 Å². The van der Waals surface area contributed by atoms with Gasteiger partial charge in [0.15, 0.2) is 0 Å². The maximum atomic E-state index is 4.62. The van der Waals surface area contributed by atoms with E-state index < -0.39 is 0 Å². The van der Waals surface area contributed by atoms with Crippen molar-refractivity contribution in [1.29, 1.82) is 0 Å². The molecule has 0 fully saturated rings. The van der Waals surface area contributed by atoms with Crippen molar-refractivity contribution in [1.82, 2.24) is 24.9 Å². The minimum Gasteiger partial charge on any atom is -0.368 e. The summed E-state index contributed by atoms with van der Waals surface area (Å²) < 4.78 is 0. The number of nitrogens with zero attached hydrogens (tertiary/aromatic N) is 2. The fraction of sp³-hybridized carbons (Fsp3) is 0. The van der Waals surface area contributed by atoms with Crippen molar-refractivity contribution in [3.63, 3.8) is 0 Å². The molecule has 8 bridgehead atoms. The Balaban J connectivity index is 0.000000321. The predicted molar refractivity (Wildman–Crippen MR) is 120 cm³/mol. The van der Waals surface area contributed by atoms with E-state index in [1.54, 1.807) is 0 Å². The summed E-state index contributed by atoms with van der Waals surface area (Å²) in [6, 6.07) is 20.3. The Morgan fingerprint density at radius 2 is 0.900 bits per heavy atom. The number of nitrogens with one attached hydrogen (secondary N) is 3. The van der Waals surface area contributed by atoms with Gasteiger partial charge in [-0.1, -0.05) is 0 Å². The van der Waals surface area contributed by atoms with Gasteiger partial charge in [0.05, 0.1) is 22.8 Å². The molecule has 149 valence electrons. The molecule has 0 atom stereocenters. The van der Waals surface area contributed by atoms with Crippen LogP contribution in [0.1, 0.15) is 22.8 Å². The number of fused-ring (bicyclic) bond motifs is 8. The van der Waals surface area contributed by atoms with Crippen molar-refractivity contribution >= 4 is 46.4 Å². The average Bonchev–Trinajstić information content (AvgIpc) is 3.50. The van der Waals surface area contributed by atoms with Crippen molar-refractivity contribution in [2.45, 2.75) is 0 Å². The molecule has 2 aliphatic heterocycles. The van der Waals surface area contributed by atoms with Gasteiger partial charge in [-0.3, -0.25) is 0 Å². The first-order valence-electron chi connectivity index (χ1n) is 9.42. The summed E-state index contributed by atoms with van der Waals surface area (Å²) in [5.74, 6) is 0. The van der Waals surface area contributed by atoms with Crippen LogP contribution in [-0.2, 0) is 19.5 Å². The van der Waals surface area contributed by atoms with E-state index in [1.165, 1.54) is 0 Å². The van der Waals surface area contributed by atoms with Gasteiger partial charge in [0.1, 0.15) is 0 Å². The topological polar surface area (TPSA) is 73.2 Å². The zero-order valence-corrected chi connectivity index (χ0v) is 17.6. The van der Waals surface area contributed by atoms with Crippen LogP contribution >= 0.6 is 0 Å². The van der Waals surface area contributed by atoms with Gasteiger partial charge >= 0.3 is 0 Å². The molecule has 0 spiro atoms. The molecular weight excluding hydrogens is 461 g/mol. The Morgan fingerprint density at radius 1 is 0.500 bits per heavy atom. The third-order valence-electron chi connectivity index (χ3n) is 4.54. The Morgan fingerprint density at radius 3 is 1.30 bits per heavy atom. The minimum absolute atomic E-state index is 0. The third kappa shape index (κ3) is 4.73. The fourth-order valence-electron chi connectivity index (χ4n) is 3.22. The monoisotopic (exact) mass is 480 g/mol. The number of aromatic nitrogens is 5. The normalized spacial score (nSPS) is 11.5. The predicted octanol–water partition coefficient (Wildman–Crippen LogP) is 5.67. The Bertz CT molecular complexity index is 1250. The van der Waals surface area contributed by atoms with Gasteiger partial charge in [0.2, 0.25) is 0 Å². The van der Waals surface area contributed by atoms with Gasteiger partial charge in [-0.2, -0.15) is 0 Å². The number of hydrogen-bond acceptors (Lipinski definition) is 2. The molecule has 30 heavy (non-hydrogen) atoms. The van der Waals surface area contributed by atoms with Crippen LogP contribution in [0, 0.1) is 0 Å². The van der Waals surface area contributed by atoms with Crippen LogP contribution in [0.5, 0.6) is 0 Å². The molecule has 0 amide bonds. The van der Waals surface area contributed by atoms with Gasteiger partial charge in [-0.25, -0.2) is 9.97 Å². The van der Waals surface area contributed by atoms with Crippen molar-refractivity contribution < 1.29 is 19.5 Å². The molecule has 2 aliphatic rings. The summed E-state index contributed by atoms with van der Waals surface area (Å²) >= 11 is 0. The summed E-state index contributed by atoms with van der Waals surface area (Å²) in [5.41, 5.74) is 7.86. The molecule has 6 heteroatoms. The van der Waals surface area contributed by atoms with E-state index in [9.17, 15) is 0 Å². The van der Waals surface area contributed by atoms with E-state index in [0.717, 1.165) is 44.8 Å². The third-order valence-corrected chi connectivity index (χ3v) is 4.54. The molecule has 4 aromatic rings. The number of H-pyrrole nitrogens is 3. The van der Waals surface area contributed by atoms with E-state index in [2.05, 4.69) is 55.3 Å². The van der Waals surface area contributed by atoms with Gasteiger partial charge in [0.25, 0.3) is 0 Å². The zero-order chi connectivity index (χ0) is 19.5. The van der Waals surface area contributed by atoms with Gasteiger partial charge in [-0.15, -0.1) is 0 Å². The quantitative estimate of drug-likeness (QED) is 0.245. The summed E-state index contributed by atoms with van der Waals surface area (Å²) in [4.78, 5) is 18.9. The molecule has 0 aromatic carbocycles. The fourth-order valence-corrected chi connectivity index (χ4v) is 3.22. The molecule has 0 saturated heterocycles. The van der Waals surface area contributed by atoms with Gasteiger partial charge < -0.3 is 15.0 Å². The standard InChI is InChI=1S/C20H14N4.C4H5N.Rh/c1-2-14-10-16-5-6-18(23-16)12-20-8-7-19(24-20)11-17-4-3-15(22-17)9-13(1)21-14;1-2-4-5-3-1;/h1-12,21-22H;1-5H;. The minimum atomic E-state index is 0. The smallest absolute Gasteiger partial charge is 0.0659 e. The van der Waals surface area contributed by atoms with Crippen molar-refractivity contribution in [2.24, 2.45) is 0 Å². The summed E-state index contributed by atoms with van der Waals surface area (Å²) in [7, 11) is 0. The van der Waals surface area contributed by atoms with E-state index in [4.69, 9.17) is 0 Å². The number of rotatable bonds is 0. The maximum absolute atomic E-state index is 4.62. The Kier molecular flexibility index (Phi) is 5.87. The molecule has 3 N–H and O–H groups in total. The second-order valence-electron chi connectivity index (χ2n) is 6.79. The van der Waals surface area contributed by atoms with Crippen LogP contribution in [-0.4, -0.2) is 24.9 Å². The molecular formula is C24H19N5Rh. The second-order valence-corrected chi connectivity index (χ2v) is 6.79. The maximum Gasteiger partial charge on any atom is 0.0659 e. The Hall–Kier alpha value is -3.50. The van der Waals surface area contributed by atoms with E-state index in [0.29, 0.717) is 0 Å². The molecule has 0 aliphatic carbocycles. The molecule has 6 heterocycles. The summed E-state index contributed by atoms with van der Waals surface area (Å²) in [6.45, 7) is 0. The van der Waals surface area contributed by atoms with Crippen LogP contribution < -0.4 is 0 Å². The van der Waals surface area contributed by atoms with Crippen LogP contribution in [0.3, 0.4) is 0 Å². The van der Waals surface area contributed by atoms with Crippen LogP contribution in [0.4, 0.5) is 0 Å². The van der Waals surface area contributed by atoms with Gasteiger partial charge in [-0.05, 0) is 85.0 Å². The molecule has 6 rings (SSSR count). The molecule has 1 radical (unpaired) electrons. The van der Waals surface area contributed by atoms with E-state index in [-0.39, 0.29) is 19.5 Å². The molecule has 0 unspecified atom stereocenters. The summed E-state index contributed by atoms with van der Waals surface area (Å²) in [6.07, 6.45) is 11.8. The van der Waals surface area contributed by atoms with Crippen molar-refractivity contribution in [3.8, 4) is 0 Å². The first-order valence-corrected chi connectivity index (χ1v) is 9.42. The number of aromatic amines is 3. The Labute approximate surface area is 186 Å². The number of hydrogen-bond donors (Lipinski definition) is 3. The average molecular weight is 480 g/mol. The van der Waals surface area contributed by atoms with Crippen LogP contribution in [0.2, 0.25) is 0 Å². The molecule has 5 nitrogen and oxygen atoms in total. The van der Waals surface area contributed by atoms with E-state index >= 15 is 0 Å².